The topological polar surface area (TPSA) is 78.7 Å². The number of benzene rings is 2. The third-order valence-corrected chi connectivity index (χ3v) is 4.38. The predicted octanol–water partition coefficient (Wildman–Crippen LogP) is 5.06. The van der Waals surface area contributed by atoms with Crippen molar-refractivity contribution in [3.8, 4) is 5.75 Å². The smallest absolute Gasteiger partial charge is 0.416 e. The summed E-state index contributed by atoms with van der Waals surface area (Å²) in [7, 11) is 1.25. The summed E-state index contributed by atoms with van der Waals surface area (Å²) in [5.74, 6) is -0.492. The molecule has 2 aromatic carbocycles. The van der Waals surface area contributed by atoms with Crippen LogP contribution in [0.4, 0.5) is 18.9 Å². The third-order valence-electron chi connectivity index (χ3n) is 3.79. The van der Waals surface area contributed by atoms with E-state index in [1.807, 2.05) is 0 Å². The maximum atomic E-state index is 12.6. The van der Waals surface area contributed by atoms with E-state index in [0.29, 0.717) is 15.6 Å². The third kappa shape index (κ3) is 5.69. The Balaban J connectivity index is 2.18. The van der Waals surface area contributed by atoms with Crippen LogP contribution >= 0.6 is 15.9 Å². The number of ether oxygens (including phenoxy) is 2. The maximum Gasteiger partial charge on any atom is 0.416 e. The number of carbonyl (C=O) groups is 1. The summed E-state index contributed by atoms with van der Waals surface area (Å²) >= 11 is 3.21. The molecule has 0 fully saturated rings. The average Bonchev–Trinajstić information content (AvgIpc) is 2.64. The van der Waals surface area contributed by atoms with Crippen molar-refractivity contribution in [1.82, 2.24) is 0 Å². The molecule has 0 saturated carbocycles. The van der Waals surface area contributed by atoms with Crippen LogP contribution in [0, 0.1) is 10.1 Å². The molecule has 0 atom stereocenters. The van der Waals surface area contributed by atoms with Gasteiger partial charge in [0.1, 0.15) is 6.61 Å². The molecular weight excluding hydrogens is 447 g/mol. The first-order valence-electron chi connectivity index (χ1n) is 7.94. The van der Waals surface area contributed by atoms with E-state index >= 15 is 0 Å². The first-order valence-corrected chi connectivity index (χ1v) is 8.73. The highest BCUT2D eigenvalue weighted by Crippen LogP contribution is 2.37. The Labute approximate surface area is 166 Å². The van der Waals surface area contributed by atoms with E-state index in [1.165, 1.54) is 25.3 Å². The number of alkyl halides is 3. The van der Waals surface area contributed by atoms with Crippen LogP contribution in [0.2, 0.25) is 0 Å². The van der Waals surface area contributed by atoms with Gasteiger partial charge in [0.05, 0.1) is 22.1 Å². The Morgan fingerprint density at radius 1 is 1.18 bits per heavy atom. The van der Waals surface area contributed by atoms with Crippen molar-refractivity contribution in [2.75, 3.05) is 7.11 Å². The van der Waals surface area contributed by atoms with E-state index in [2.05, 4.69) is 20.7 Å². The zero-order chi connectivity index (χ0) is 20.9. The lowest BCUT2D eigenvalue weighted by Gasteiger charge is -2.12. The van der Waals surface area contributed by atoms with E-state index < -0.39 is 22.6 Å². The molecule has 0 aliphatic heterocycles. The van der Waals surface area contributed by atoms with Crippen molar-refractivity contribution in [2.24, 2.45) is 0 Å². The number of aryl methyl sites for hydroxylation is 1. The Morgan fingerprint density at radius 3 is 2.36 bits per heavy atom. The first-order chi connectivity index (χ1) is 13.1. The van der Waals surface area contributed by atoms with Gasteiger partial charge in [0.15, 0.2) is 0 Å². The van der Waals surface area contributed by atoms with Crippen LogP contribution in [0.1, 0.15) is 23.1 Å². The molecule has 0 saturated heterocycles. The number of nitro benzene ring substituents is 1. The maximum absolute atomic E-state index is 12.6. The number of nitrogens with zero attached hydrogens (tertiary/aromatic N) is 1. The predicted molar refractivity (Wildman–Crippen MR) is 96.9 cm³/mol. The number of esters is 1. The van der Waals surface area contributed by atoms with Gasteiger partial charge in [0.25, 0.3) is 0 Å². The molecule has 6 nitrogen and oxygen atoms in total. The number of hydrogen-bond acceptors (Lipinski definition) is 5. The molecule has 28 heavy (non-hydrogen) atoms. The van der Waals surface area contributed by atoms with Gasteiger partial charge in [0, 0.05) is 12.5 Å². The Hall–Kier alpha value is -2.62. The minimum Gasteiger partial charge on any atom is -0.481 e. The largest absolute Gasteiger partial charge is 0.481 e. The van der Waals surface area contributed by atoms with Crippen molar-refractivity contribution in [3.63, 3.8) is 0 Å². The lowest BCUT2D eigenvalue weighted by molar-refractivity contribution is -0.386. The lowest BCUT2D eigenvalue weighted by Crippen LogP contribution is -2.06. The first kappa shape index (κ1) is 21.7. The van der Waals surface area contributed by atoms with Gasteiger partial charge < -0.3 is 9.47 Å². The normalized spacial score (nSPS) is 11.2. The summed E-state index contributed by atoms with van der Waals surface area (Å²) < 4.78 is 48.1. The average molecular weight is 462 g/mol. The summed E-state index contributed by atoms with van der Waals surface area (Å²) in [5.41, 5.74) is -0.158. The molecule has 0 amide bonds. The Bertz CT molecular complexity index is 869. The zero-order valence-electron chi connectivity index (χ0n) is 14.6. The van der Waals surface area contributed by atoms with Crippen molar-refractivity contribution < 1.29 is 32.4 Å². The van der Waals surface area contributed by atoms with Crippen LogP contribution in [-0.2, 0) is 28.7 Å². The minimum absolute atomic E-state index is 0.0493. The number of hydrogen-bond donors (Lipinski definition) is 0. The molecule has 0 N–H and O–H groups in total. The van der Waals surface area contributed by atoms with Gasteiger partial charge in [0.2, 0.25) is 5.75 Å². The van der Waals surface area contributed by atoms with Crippen LogP contribution in [0.5, 0.6) is 5.75 Å². The summed E-state index contributed by atoms with van der Waals surface area (Å²) in [6, 6.07) is 7.19. The number of carbonyl (C=O) groups excluding carboxylic acids is 1. The Kier molecular flexibility index (Phi) is 7.00. The highest BCUT2D eigenvalue weighted by molar-refractivity contribution is 9.10. The molecule has 2 aromatic rings. The van der Waals surface area contributed by atoms with E-state index in [0.717, 1.165) is 12.1 Å². The molecule has 0 aromatic heterocycles. The fraction of sp³-hybridized carbons (Fsp3) is 0.278. The molecule has 0 spiro atoms. The fourth-order valence-electron chi connectivity index (χ4n) is 2.35. The molecular formula is C18H15BrF3NO5. The number of nitro groups is 1. The summed E-state index contributed by atoms with van der Waals surface area (Å²) in [5, 5.41) is 11.4. The molecule has 0 aliphatic carbocycles. The van der Waals surface area contributed by atoms with Gasteiger partial charge in [-0.3, -0.25) is 14.9 Å². The minimum atomic E-state index is -4.44. The molecule has 0 unspecified atom stereocenters. The zero-order valence-corrected chi connectivity index (χ0v) is 16.2. The van der Waals surface area contributed by atoms with Crippen LogP contribution < -0.4 is 4.74 Å². The molecule has 0 heterocycles. The number of halogens is 4. The second kappa shape index (κ2) is 9.05. The molecule has 0 bridgehead atoms. The van der Waals surface area contributed by atoms with Crippen molar-refractivity contribution in [3.05, 3.63) is 67.7 Å². The summed E-state index contributed by atoms with van der Waals surface area (Å²) in [6.45, 7) is -0.154. The summed E-state index contributed by atoms with van der Waals surface area (Å²) in [6.07, 6.45) is -4.14. The van der Waals surface area contributed by atoms with Crippen LogP contribution in [0.25, 0.3) is 0 Å². The molecule has 10 heteroatoms. The summed E-state index contributed by atoms with van der Waals surface area (Å²) in [4.78, 5) is 22.0. The van der Waals surface area contributed by atoms with E-state index in [9.17, 15) is 28.1 Å². The lowest BCUT2D eigenvalue weighted by atomic mass is 10.1. The SMILES string of the molecule is COC(=O)CCc1cc(Br)c(OCc2ccc(C(F)(F)F)cc2)c([N+](=O)[O-])c1. The van der Waals surface area contributed by atoms with Crippen molar-refractivity contribution in [2.45, 2.75) is 25.6 Å². The van der Waals surface area contributed by atoms with Crippen LogP contribution in [0.3, 0.4) is 0 Å². The highest BCUT2D eigenvalue weighted by Gasteiger charge is 2.30. The monoisotopic (exact) mass is 461 g/mol. The standard InChI is InChI=1S/C18H15BrF3NO5/c1-27-16(24)7-4-12-8-14(19)17(15(9-12)23(25)26)28-10-11-2-5-13(6-3-11)18(20,21)22/h2-3,5-6,8-9H,4,7,10H2,1H3. The number of rotatable bonds is 7. The second-order valence-corrected chi connectivity index (χ2v) is 6.60. The second-order valence-electron chi connectivity index (χ2n) is 5.74. The quantitative estimate of drug-likeness (QED) is 0.327. The molecule has 2 rings (SSSR count). The van der Waals surface area contributed by atoms with Gasteiger partial charge in [-0.05, 0) is 51.7 Å². The molecule has 150 valence electrons. The van der Waals surface area contributed by atoms with Gasteiger partial charge in [-0.15, -0.1) is 0 Å². The fourth-order valence-corrected chi connectivity index (χ4v) is 2.96. The van der Waals surface area contributed by atoms with E-state index in [4.69, 9.17) is 4.74 Å². The van der Waals surface area contributed by atoms with Gasteiger partial charge >= 0.3 is 17.8 Å². The van der Waals surface area contributed by atoms with Gasteiger partial charge in [-0.25, -0.2) is 0 Å². The van der Waals surface area contributed by atoms with Gasteiger partial charge in [-0.1, -0.05) is 12.1 Å². The van der Waals surface area contributed by atoms with Gasteiger partial charge in [-0.2, -0.15) is 13.2 Å². The van der Waals surface area contributed by atoms with Crippen LogP contribution in [-0.4, -0.2) is 18.0 Å². The highest BCUT2D eigenvalue weighted by atomic mass is 79.9. The van der Waals surface area contributed by atoms with Crippen LogP contribution in [0.15, 0.2) is 40.9 Å². The molecule has 0 radical (unpaired) electrons. The van der Waals surface area contributed by atoms with E-state index in [-0.39, 0.29) is 30.9 Å². The number of methoxy groups -OCH3 is 1. The Morgan fingerprint density at radius 2 is 1.82 bits per heavy atom. The molecule has 0 aliphatic rings. The van der Waals surface area contributed by atoms with E-state index in [1.54, 1.807) is 6.07 Å². The van der Waals surface area contributed by atoms with Crippen molar-refractivity contribution in [1.29, 1.82) is 0 Å². The van der Waals surface area contributed by atoms with Crippen molar-refractivity contribution >= 4 is 27.6 Å².